The van der Waals surface area contributed by atoms with Crippen molar-refractivity contribution in [1.82, 2.24) is 0 Å². The highest BCUT2D eigenvalue weighted by molar-refractivity contribution is 5.66. The number of carbonyl (C=O) groups is 1. The molecule has 1 aromatic carbocycles. The lowest BCUT2D eigenvalue weighted by Crippen LogP contribution is -2.17. The van der Waals surface area contributed by atoms with E-state index in [0.29, 0.717) is 12.4 Å². The van der Waals surface area contributed by atoms with Crippen LogP contribution in [0.3, 0.4) is 0 Å². The van der Waals surface area contributed by atoms with Gasteiger partial charge in [0.05, 0.1) is 6.61 Å². The molecule has 0 bridgehead atoms. The first kappa shape index (κ1) is 15.4. The lowest BCUT2D eigenvalue weighted by molar-refractivity contribution is -0.147. The molecule has 0 fully saturated rings. The van der Waals surface area contributed by atoms with Crippen LogP contribution < -0.4 is 0 Å². The van der Waals surface area contributed by atoms with Gasteiger partial charge in [-0.2, -0.15) is 0 Å². The topological polar surface area (TPSA) is 55.8 Å². The monoisotopic (exact) mass is 240 g/mol. The number of phenolic OH excluding ortho intramolecular Hbond substituents is 1. The van der Waals surface area contributed by atoms with E-state index in [9.17, 15) is 4.79 Å². The molecule has 96 valence electrons. The van der Waals surface area contributed by atoms with Crippen LogP contribution in [0.5, 0.6) is 5.75 Å². The van der Waals surface area contributed by atoms with Crippen molar-refractivity contribution >= 4 is 5.97 Å². The number of aromatic hydroxyl groups is 1. The average molecular weight is 240 g/mol. The van der Waals surface area contributed by atoms with Crippen molar-refractivity contribution in [3.63, 3.8) is 0 Å². The van der Waals surface area contributed by atoms with Gasteiger partial charge in [0.2, 0.25) is 0 Å². The predicted molar refractivity (Wildman–Crippen MR) is 65.9 cm³/mol. The van der Waals surface area contributed by atoms with Gasteiger partial charge in [-0.15, -0.1) is 0 Å². The average Bonchev–Trinajstić information content (AvgIpc) is 2.22. The molecule has 0 spiro atoms. The third-order valence-corrected chi connectivity index (χ3v) is 1.88. The number of hydrogen-bond donors (Lipinski definition) is 1. The highest BCUT2D eigenvalue weighted by Crippen LogP contribution is 2.12. The van der Waals surface area contributed by atoms with Crippen LogP contribution in [-0.4, -0.2) is 30.9 Å². The molecule has 4 nitrogen and oxygen atoms in total. The van der Waals surface area contributed by atoms with E-state index >= 15 is 0 Å². The number of esters is 1. The van der Waals surface area contributed by atoms with E-state index in [1.807, 2.05) is 25.1 Å². The van der Waals surface area contributed by atoms with Gasteiger partial charge in [0, 0.05) is 14.0 Å². The molecule has 0 radical (unpaired) electrons. The van der Waals surface area contributed by atoms with Gasteiger partial charge in [0.15, 0.2) is 0 Å². The largest absolute Gasteiger partial charge is 0.508 e. The maximum atomic E-state index is 10.3. The summed E-state index contributed by atoms with van der Waals surface area (Å²) in [6.45, 7) is 5.49. The van der Waals surface area contributed by atoms with Crippen LogP contribution >= 0.6 is 0 Å². The third kappa shape index (κ3) is 8.28. The van der Waals surface area contributed by atoms with Crippen molar-refractivity contribution in [1.29, 1.82) is 0 Å². The first-order valence-corrected chi connectivity index (χ1v) is 5.38. The molecular formula is C13H20O4. The van der Waals surface area contributed by atoms with E-state index in [-0.39, 0.29) is 12.1 Å². The maximum Gasteiger partial charge on any atom is 0.302 e. The van der Waals surface area contributed by atoms with Gasteiger partial charge in [-0.1, -0.05) is 18.2 Å². The van der Waals surface area contributed by atoms with Gasteiger partial charge < -0.3 is 14.6 Å². The summed E-state index contributed by atoms with van der Waals surface area (Å²) in [7, 11) is 1.57. The molecule has 0 aliphatic heterocycles. The lowest BCUT2D eigenvalue weighted by Gasteiger charge is -2.08. The van der Waals surface area contributed by atoms with Gasteiger partial charge in [-0.3, -0.25) is 4.79 Å². The van der Waals surface area contributed by atoms with Crippen molar-refractivity contribution in [3.8, 4) is 5.75 Å². The number of carbonyl (C=O) groups excluding carboxylic acids is 1. The summed E-state index contributed by atoms with van der Waals surface area (Å²) in [5, 5.41) is 8.92. The number of aryl methyl sites for hydroxylation is 1. The van der Waals surface area contributed by atoms with E-state index in [0.717, 1.165) is 5.56 Å². The van der Waals surface area contributed by atoms with Crippen LogP contribution in [-0.2, 0) is 14.3 Å². The lowest BCUT2D eigenvalue weighted by atomic mass is 10.2. The molecule has 0 saturated carbocycles. The van der Waals surface area contributed by atoms with Crippen LogP contribution in [0.25, 0.3) is 0 Å². The van der Waals surface area contributed by atoms with Crippen molar-refractivity contribution in [2.24, 2.45) is 0 Å². The molecule has 0 aliphatic carbocycles. The second-order valence-corrected chi connectivity index (χ2v) is 3.66. The van der Waals surface area contributed by atoms with Crippen LogP contribution in [0, 0.1) is 6.92 Å². The molecule has 1 N–H and O–H groups in total. The minimum atomic E-state index is -0.264. The number of methoxy groups -OCH3 is 1. The Hall–Kier alpha value is -1.55. The number of ether oxygens (including phenoxy) is 2. The summed E-state index contributed by atoms with van der Waals surface area (Å²) in [6.07, 6.45) is -0.132. The maximum absolute atomic E-state index is 10.3. The van der Waals surface area contributed by atoms with E-state index in [2.05, 4.69) is 0 Å². The zero-order chi connectivity index (χ0) is 13.3. The van der Waals surface area contributed by atoms with E-state index in [1.54, 1.807) is 20.1 Å². The minimum Gasteiger partial charge on any atom is -0.508 e. The fourth-order valence-electron chi connectivity index (χ4n) is 1.12. The summed E-state index contributed by atoms with van der Waals surface area (Å²) < 4.78 is 9.45. The normalized spacial score (nSPS) is 11.1. The van der Waals surface area contributed by atoms with Crippen LogP contribution in [0.2, 0.25) is 0 Å². The SMILES string of the molecule is COCC(C)OC(C)=O.Cc1ccccc1O. The molecule has 17 heavy (non-hydrogen) atoms. The number of phenols is 1. The van der Waals surface area contributed by atoms with Crippen LogP contribution in [0.15, 0.2) is 24.3 Å². The van der Waals surface area contributed by atoms with Crippen LogP contribution in [0.1, 0.15) is 19.4 Å². The Kier molecular flexibility index (Phi) is 7.80. The number of hydrogen-bond acceptors (Lipinski definition) is 4. The zero-order valence-corrected chi connectivity index (χ0v) is 10.8. The van der Waals surface area contributed by atoms with Crippen molar-refractivity contribution in [3.05, 3.63) is 29.8 Å². The highest BCUT2D eigenvalue weighted by Gasteiger charge is 2.02. The Morgan fingerprint density at radius 1 is 1.41 bits per heavy atom. The Morgan fingerprint density at radius 3 is 2.35 bits per heavy atom. The molecule has 1 aromatic rings. The van der Waals surface area contributed by atoms with E-state index in [4.69, 9.17) is 14.6 Å². The summed E-state index contributed by atoms with van der Waals surface area (Å²) in [6, 6.07) is 7.25. The Morgan fingerprint density at radius 2 is 2.00 bits per heavy atom. The second-order valence-electron chi connectivity index (χ2n) is 3.66. The Bertz CT molecular complexity index is 315. The fourth-order valence-corrected chi connectivity index (χ4v) is 1.12. The molecule has 0 aromatic heterocycles. The quantitative estimate of drug-likeness (QED) is 0.823. The van der Waals surface area contributed by atoms with Crippen molar-refractivity contribution in [2.75, 3.05) is 13.7 Å². The molecule has 1 atom stereocenters. The minimum absolute atomic E-state index is 0.132. The smallest absolute Gasteiger partial charge is 0.302 e. The van der Waals surface area contributed by atoms with Crippen molar-refractivity contribution in [2.45, 2.75) is 26.9 Å². The Labute approximate surface area is 102 Å². The molecule has 0 aliphatic rings. The Balaban J connectivity index is 0.000000302. The molecule has 1 unspecified atom stereocenters. The predicted octanol–water partition coefficient (Wildman–Crippen LogP) is 2.29. The molecule has 4 heteroatoms. The molecule has 0 heterocycles. The molecule has 0 amide bonds. The summed E-state index contributed by atoms with van der Waals surface area (Å²) in [5.74, 6) is 0.104. The summed E-state index contributed by atoms with van der Waals surface area (Å²) in [4.78, 5) is 10.3. The third-order valence-electron chi connectivity index (χ3n) is 1.88. The standard InChI is InChI=1S/C7H8O.C6H12O3/c1-6-4-2-3-5-7(6)8;1-5(4-8-3)9-6(2)7/h2-5,8H,1H3;5H,4H2,1-3H3. The number of para-hydroxylation sites is 1. The number of rotatable bonds is 3. The number of benzene rings is 1. The van der Waals surface area contributed by atoms with Gasteiger partial charge >= 0.3 is 5.97 Å². The van der Waals surface area contributed by atoms with E-state index < -0.39 is 0 Å². The zero-order valence-electron chi connectivity index (χ0n) is 10.8. The first-order valence-electron chi connectivity index (χ1n) is 5.38. The van der Waals surface area contributed by atoms with Gasteiger partial charge in [0.1, 0.15) is 11.9 Å². The highest BCUT2D eigenvalue weighted by atomic mass is 16.6. The summed E-state index contributed by atoms with van der Waals surface area (Å²) >= 11 is 0. The van der Waals surface area contributed by atoms with E-state index in [1.165, 1.54) is 6.92 Å². The van der Waals surface area contributed by atoms with Crippen LogP contribution in [0.4, 0.5) is 0 Å². The molecular weight excluding hydrogens is 220 g/mol. The molecule has 0 saturated heterocycles. The van der Waals surface area contributed by atoms with Gasteiger partial charge in [-0.05, 0) is 25.5 Å². The summed E-state index contributed by atoms with van der Waals surface area (Å²) in [5.41, 5.74) is 0.924. The van der Waals surface area contributed by atoms with Crippen molar-refractivity contribution < 1.29 is 19.4 Å². The van der Waals surface area contributed by atoms with Gasteiger partial charge in [-0.25, -0.2) is 0 Å². The molecule has 1 rings (SSSR count). The first-order chi connectivity index (χ1) is 7.97. The fraction of sp³-hybridized carbons (Fsp3) is 0.462. The van der Waals surface area contributed by atoms with Gasteiger partial charge in [0.25, 0.3) is 0 Å². The second kappa shape index (κ2) is 8.58.